The van der Waals surface area contributed by atoms with Crippen molar-refractivity contribution in [3.05, 3.63) is 0 Å². The van der Waals surface area contributed by atoms with Gasteiger partial charge < -0.3 is 15.4 Å². The highest BCUT2D eigenvalue weighted by Crippen LogP contribution is 2.27. The van der Waals surface area contributed by atoms with Gasteiger partial charge >= 0.3 is 0 Å². The van der Waals surface area contributed by atoms with Gasteiger partial charge in [-0.05, 0) is 44.3 Å². The molecule has 0 bridgehead atoms. The van der Waals surface area contributed by atoms with Crippen LogP contribution in [0.1, 0.15) is 26.2 Å². The van der Waals surface area contributed by atoms with E-state index in [4.69, 9.17) is 17.0 Å². The molecule has 0 unspecified atom stereocenters. The van der Waals surface area contributed by atoms with Gasteiger partial charge in [0.15, 0.2) is 5.11 Å². The zero-order chi connectivity index (χ0) is 10.2. The molecule has 14 heavy (non-hydrogen) atoms. The molecule has 0 aromatic carbocycles. The molecule has 3 nitrogen and oxygen atoms in total. The number of hydrogen-bond acceptors (Lipinski definition) is 2. The molecule has 1 aliphatic rings. The standard InChI is InChI=1S/C10H20N2OS/c1-2-13-7-3-6-11-10(14)12-8-9-4-5-9/h9H,2-8H2,1H3,(H2,11,12,14). The lowest BCUT2D eigenvalue weighted by molar-refractivity contribution is 0.145. The summed E-state index contributed by atoms with van der Waals surface area (Å²) in [7, 11) is 0. The molecule has 0 radical (unpaired) electrons. The number of hydrogen-bond donors (Lipinski definition) is 2. The van der Waals surface area contributed by atoms with Crippen molar-refractivity contribution in [3.63, 3.8) is 0 Å². The van der Waals surface area contributed by atoms with Gasteiger partial charge in [0.25, 0.3) is 0 Å². The summed E-state index contributed by atoms with van der Waals surface area (Å²) in [5, 5.41) is 7.17. The average Bonchev–Trinajstić information content (AvgIpc) is 2.98. The lowest BCUT2D eigenvalue weighted by atomic mass is 10.4. The van der Waals surface area contributed by atoms with Gasteiger partial charge in [-0.1, -0.05) is 0 Å². The largest absolute Gasteiger partial charge is 0.382 e. The Bertz CT molecular complexity index is 172. The van der Waals surface area contributed by atoms with Crippen LogP contribution in [-0.4, -0.2) is 31.4 Å². The second-order valence-corrected chi connectivity index (χ2v) is 4.04. The third-order valence-electron chi connectivity index (χ3n) is 2.20. The molecule has 0 aromatic heterocycles. The van der Waals surface area contributed by atoms with Crippen molar-refractivity contribution in [2.75, 3.05) is 26.3 Å². The van der Waals surface area contributed by atoms with Gasteiger partial charge in [0.1, 0.15) is 0 Å². The molecule has 0 atom stereocenters. The molecule has 0 spiro atoms. The fourth-order valence-corrected chi connectivity index (χ4v) is 1.33. The minimum absolute atomic E-state index is 0.786. The lowest BCUT2D eigenvalue weighted by Crippen LogP contribution is -2.37. The van der Waals surface area contributed by atoms with E-state index in [0.29, 0.717) is 0 Å². The van der Waals surface area contributed by atoms with Crippen LogP contribution >= 0.6 is 12.2 Å². The zero-order valence-corrected chi connectivity index (χ0v) is 9.66. The summed E-state index contributed by atoms with van der Waals surface area (Å²) in [4.78, 5) is 0. The predicted octanol–water partition coefficient (Wildman–Crippen LogP) is 1.29. The molecule has 0 aromatic rings. The molecule has 0 heterocycles. The van der Waals surface area contributed by atoms with E-state index in [1.807, 2.05) is 6.92 Å². The van der Waals surface area contributed by atoms with Crippen LogP contribution in [0.2, 0.25) is 0 Å². The van der Waals surface area contributed by atoms with Gasteiger partial charge in [-0.2, -0.15) is 0 Å². The van der Waals surface area contributed by atoms with Crippen LogP contribution < -0.4 is 10.6 Å². The van der Waals surface area contributed by atoms with Crippen LogP contribution in [-0.2, 0) is 4.74 Å². The summed E-state index contributed by atoms with van der Waals surface area (Å²) in [5.41, 5.74) is 0. The summed E-state index contributed by atoms with van der Waals surface area (Å²) < 4.78 is 5.22. The maximum atomic E-state index is 5.22. The van der Waals surface area contributed by atoms with Crippen LogP contribution in [0.5, 0.6) is 0 Å². The minimum atomic E-state index is 0.786. The van der Waals surface area contributed by atoms with E-state index in [-0.39, 0.29) is 0 Å². The number of ether oxygens (including phenoxy) is 1. The van der Waals surface area contributed by atoms with E-state index < -0.39 is 0 Å². The van der Waals surface area contributed by atoms with E-state index >= 15 is 0 Å². The van der Waals surface area contributed by atoms with Gasteiger partial charge in [-0.25, -0.2) is 0 Å². The molecular weight excluding hydrogens is 196 g/mol. The van der Waals surface area contributed by atoms with Crippen LogP contribution in [0.4, 0.5) is 0 Å². The van der Waals surface area contributed by atoms with Crippen molar-refractivity contribution in [2.45, 2.75) is 26.2 Å². The van der Waals surface area contributed by atoms with Gasteiger partial charge in [0.2, 0.25) is 0 Å². The summed E-state index contributed by atoms with van der Waals surface area (Å²) in [5.74, 6) is 0.873. The van der Waals surface area contributed by atoms with Crippen LogP contribution in [0, 0.1) is 5.92 Å². The molecule has 0 aliphatic heterocycles. The third-order valence-corrected chi connectivity index (χ3v) is 2.49. The van der Waals surface area contributed by atoms with E-state index in [9.17, 15) is 0 Å². The van der Waals surface area contributed by atoms with Crippen LogP contribution in [0.25, 0.3) is 0 Å². The highest BCUT2D eigenvalue weighted by Gasteiger charge is 2.20. The monoisotopic (exact) mass is 216 g/mol. The fourth-order valence-electron chi connectivity index (χ4n) is 1.14. The Labute approximate surface area is 91.6 Å². The maximum absolute atomic E-state index is 5.22. The van der Waals surface area contributed by atoms with Crippen molar-refractivity contribution in [3.8, 4) is 0 Å². The van der Waals surface area contributed by atoms with Crippen molar-refractivity contribution < 1.29 is 4.74 Å². The molecule has 2 N–H and O–H groups in total. The Morgan fingerprint density at radius 2 is 2.21 bits per heavy atom. The Kier molecular flexibility index (Phi) is 5.87. The lowest BCUT2D eigenvalue weighted by Gasteiger charge is -2.09. The fraction of sp³-hybridized carbons (Fsp3) is 0.900. The van der Waals surface area contributed by atoms with Crippen molar-refractivity contribution in [1.29, 1.82) is 0 Å². The molecule has 1 saturated carbocycles. The van der Waals surface area contributed by atoms with E-state index in [0.717, 1.165) is 43.8 Å². The van der Waals surface area contributed by atoms with Crippen molar-refractivity contribution in [2.24, 2.45) is 5.92 Å². The highest BCUT2D eigenvalue weighted by atomic mass is 32.1. The quantitative estimate of drug-likeness (QED) is 0.496. The smallest absolute Gasteiger partial charge is 0.166 e. The molecular formula is C10H20N2OS. The molecule has 0 saturated heterocycles. The molecule has 1 fully saturated rings. The van der Waals surface area contributed by atoms with Crippen LogP contribution in [0.15, 0.2) is 0 Å². The predicted molar refractivity (Wildman–Crippen MR) is 62.4 cm³/mol. The van der Waals surface area contributed by atoms with E-state index in [1.54, 1.807) is 0 Å². The van der Waals surface area contributed by atoms with E-state index in [1.165, 1.54) is 12.8 Å². The number of nitrogens with one attached hydrogen (secondary N) is 2. The zero-order valence-electron chi connectivity index (χ0n) is 8.84. The SMILES string of the molecule is CCOCCCNC(=S)NCC1CC1. The minimum Gasteiger partial charge on any atom is -0.382 e. The Morgan fingerprint density at radius 1 is 1.43 bits per heavy atom. The molecule has 82 valence electrons. The van der Waals surface area contributed by atoms with E-state index in [2.05, 4.69) is 10.6 Å². The first-order valence-electron chi connectivity index (χ1n) is 5.42. The van der Waals surface area contributed by atoms with Gasteiger partial charge in [0, 0.05) is 26.3 Å². The molecule has 1 aliphatic carbocycles. The van der Waals surface area contributed by atoms with Gasteiger partial charge in [-0.3, -0.25) is 0 Å². The Balaban J connectivity index is 1.81. The van der Waals surface area contributed by atoms with Crippen molar-refractivity contribution >= 4 is 17.3 Å². The normalized spacial score (nSPS) is 15.2. The highest BCUT2D eigenvalue weighted by molar-refractivity contribution is 7.80. The molecule has 1 rings (SSSR count). The maximum Gasteiger partial charge on any atom is 0.166 e. The molecule has 0 amide bonds. The Hall–Kier alpha value is -0.350. The average molecular weight is 216 g/mol. The van der Waals surface area contributed by atoms with Crippen LogP contribution in [0.3, 0.4) is 0 Å². The second-order valence-electron chi connectivity index (χ2n) is 3.63. The number of thiocarbonyl (C=S) groups is 1. The third kappa shape index (κ3) is 6.16. The summed E-state index contributed by atoms with van der Waals surface area (Å²) >= 11 is 5.12. The summed E-state index contributed by atoms with van der Waals surface area (Å²) in [6.45, 7) is 5.56. The first-order chi connectivity index (χ1) is 6.83. The first-order valence-corrected chi connectivity index (χ1v) is 5.83. The Morgan fingerprint density at radius 3 is 2.86 bits per heavy atom. The summed E-state index contributed by atoms with van der Waals surface area (Å²) in [6, 6.07) is 0. The van der Waals surface area contributed by atoms with Gasteiger partial charge in [0.05, 0.1) is 0 Å². The summed E-state index contributed by atoms with van der Waals surface area (Å²) in [6.07, 6.45) is 3.74. The topological polar surface area (TPSA) is 33.3 Å². The first kappa shape index (κ1) is 11.7. The van der Waals surface area contributed by atoms with Crippen molar-refractivity contribution in [1.82, 2.24) is 10.6 Å². The second kappa shape index (κ2) is 7.01. The van der Waals surface area contributed by atoms with Gasteiger partial charge in [-0.15, -0.1) is 0 Å². The number of rotatable bonds is 7. The molecule has 4 heteroatoms.